The highest BCUT2D eigenvalue weighted by molar-refractivity contribution is 5.90. The molecule has 1 heterocycles. The zero-order chi connectivity index (χ0) is 13.0. The molecule has 0 saturated carbocycles. The number of benzene rings is 1. The van der Waals surface area contributed by atoms with E-state index in [4.69, 9.17) is 4.74 Å². The fourth-order valence-electron chi connectivity index (χ4n) is 1.86. The number of aryl methyl sites for hydroxylation is 1. The van der Waals surface area contributed by atoms with E-state index in [1.165, 1.54) is 0 Å². The van der Waals surface area contributed by atoms with Crippen molar-refractivity contribution >= 4 is 11.7 Å². The standard InChI is InChI=1S/C13H18N2O3/c1-10-4-2-3-5-11(10)15-12(16)14-8-13(17)6-7-18-9-13/h2-5,17H,6-9H2,1H3,(H2,14,15,16). The van der Waals surface area contributed by atoms with Crippen molar-refractivity contribution in [2.45, 2.75) is 18.9 Å². The summed E-state index contributed by atoms with van der Waals surface area (Å²) in [6.45, 7) is 2.94. The maximum atomic E-state index is 11.7. The maximum absolute atomic E-state index is 11.7. The van der Waals surface area contributed by atoms with Crippen LogP contribution in [0.15, 0.2) is 24.3 Å². The molecule has 2 amide bonds. The lowest BCUT2D eigenvalue weighted by Gasteiger charge is -2.20. The number of hydrogen-bond acceptors (Lipinski definition) is 3. The Bertz CT molecular complexity index is 428. The molecule has 1 saturated heterocycles. The van der Waals surface area contributed by atoms with Crippen molar-refractivity contribution in [3.05, 3.63) is 29.8 Å². The summed E-state index contributed by atoms with van der Waals surface area (Å²) in [6.07, 6.45) is 0.553. The van der Waals surface area contributed by atoms with E-state index >= 15 is 0 Å². The second-order valence-corrected chi connectivity index (χ2v) is 4.65. The van der Waals surface area contributed by atoms with E-state index in [1.54, 1.807) is 0 Å². The minimum absolute atomic E-state index is 0.199. The van der Waals surface area contributed by atoms with Crippen molar-refractivity contribution < 1.29 is 14.6 Å². The molecule has 0 spiro atoms. The lowest BCUT2D eigenvalue weighted by molar-refractivity contribution is 0.0295. The molecule has 1 aromatic rings. The number of hydrogen-bond donors (Lipinski definition) is 3. The second kappa shape index (κ2) is 5.37. The normalized spacial score (nSPS) is 22.8. The molecule has 1 atom stereocenters. The van der Waals surface area contributed by atoms with Gasteiger partial charge in [-0.1, -0.05) is 18.2 Å². The van der Waals surface area contributed by atoms with Gasteiger partial charge < -0.3 is 20.5 Å². The van der Waals surface area contributed by atoms with Gasteiger partial charge >= 0.3 is 6.03 Å². The fraction of sp³-hybridized carbons (Fsp3) is 0.462. The van der Waals surface area contributed by atoms with Crippen molar-refractivity contribution in [3.63, 3.8) is 0 Å². The van der Waals surface area contributed by atoms with Crippen LogP contribution in [0.25, 0.3) is 0 Å². The largest absolute Gasteiger partial charge is 0.386 e. The average Bonchev–Trinajstić information content (AvgIpc) is 2.77. The van der Waals surface area contributed by atoms with Crippen LogP contribution in [0.4, 0.5) is 10.5 Å². The van der Waals surface area contributed by atoms with Gasteiger partial charge in [0.25, 0.3) is 0 Å². The van der Waals surface area contributed by atoms with Crippen molar-refractivity contribution in [3.8, 4) is 0 Å². The van der Waals surface area contributed by atoms with Crippen molar-refractivity contribution in [2.24, 2.45) is 0 Å². The number of para-hydroxylation sites is 1. The lowest BCUT2D eigenvalue weighted by atomic mass is 10.0. The van der Waals surface area contributed by atoms with Gasteiger partial charge in [0.15, 0.2) is 0 Å². The Balaban J connectivity index is 1.84. The first-order chi connectivity index (χ1) is 8.59. The molecule has 3 N–H and O–H groups in total. The van der Waals surface area contributed by atoms with Crippen LogP contribution in [0.3, 0.4) is 0 Å². The van der Waals surface area contributed by atoms with E-state index in [9.17, 15) is 9.90 Å². The number of nitrogens with one attached hydrogen (secondary N) is 2. The van der Waals surface area contributed by atoms with Crippen LogP contribution in [0, 0.1) is 6.92 Å². The molecule has 1 aliphatic rings. The van der Waals surface area contributed by atoms with Crippen LogP contribution < -0.4 is 10.6 Å². The highest BCUT2D eigenvalue weighted by Gasteiger charge is 2.32. The molecule has 0 aromatic heterocycles. The molecule has 1 unspecified atom stereocenters. The Morgan fingerprint density at radius 2 is 2.28 bits per heavy atom. The highest BCUT2D eigenvalue weighted by Crippen LogP contribution is 2.17. The fourth-order valence-corrected chi connectivity index (χ4v) is 1.86. The Labute approximate surface area is 106 Å². The van der Waals surface area contributed by atoms with E-state index in [1.807, 2.05) is 31.2 Å². The summed E-state index contributed by atoms with van der Waals surface area (Å²) in [5.41, 5.74) is 0.837. The minimum atomic E-state index is -0.928. The predicted molar refractivity (Wildman–Crippen MR) is 68.6 cm³/mol. The third-order valence-corrected chi connectivity index (χ3v) is 3.05. The number of anilines is 1. The van der Waals surface area contributed by atoms with Gasteiger partial charge in [-0.2, -0.15) is 0 Å². The summed E-state index contributed by atoms with van der Waals surface area (Å²) in [4.78, 5) is 11.7. The third-order valence-electron chi connectivity index (χ3n) is 3.05. The molecule has 0 aliphatic carbocycles. The number of amides is 2. The SMILES string of the molecule is Cc1ccccc1NC(=O)NCC1(O)CCOC1. The third kappa shape index (κ3) is 3.21. The van der Waals surface area contributed by atoms with E-state index in [2.05, 4.69) is 10.6 Å². The highest BCUT2D eigenvalue weighted by atomic mass is 16.5. The maximum Gasteiger partial charge on any atom is 0.319 e. The number of rotatable bonds is 3. The Morgan fingerprint density at radius 1 is 1.50 bits per heavy atom. The van der Waals surface area contributed by atoms with Gasteiger partial charge in [-0.05, 0) is 18.6 Å². The number of ether oxygens (including phenoxy) is 1. The molecular formula is C13H18N2O3. The Kier molecular flexibility index (Phi) is 3.84. The number of carbonyl (C=O) groups is 1. The predicted octanol–water partition coefficient (Wildman–Crippen LogP) is 1.27. The van der Waals surface area contributed by atoms with Crippen LogP contribution in [-0.2, 0) is 4.74 Å². The van der Waals surface area contributed by atoms with E-state index < -0.39 is 5.60 Å². The first kappa shape index (κ1) is 12.9. The summed E-state index contributed by atoms with van der Waals surface area (Å²) in [6, 6.07) is 7.22. The molecule has 5 heteroatoms. The summed E-state index contributed by atoms with van der Waals surface area (Å²) >= 11 is 0. The summed E-state index contributed by atoms with van der Waals surface area (Å²) < 4.78 is 5.11. The Hall–Kier alpha value is -1.59. The molecule has 0 radical (unpaired) electrons. The monoisotopic (exact) mass is 250 g/mol. The van der Waals surface area contributed by atoms with Crippen LogP contribution in [0.5, 0.6) is 0 Å². The molecule has 18 heavy (non-hydrogen) atoms. The van der Waals surface area contributed by atoms with Gasteiger partial charge in [0.2, 0.25) is 0 Å². The topological polar surface area (TPSA) is 70.6 Å². The molecule has 98 valence electrons. The second-order valence-electron chi connectivity index (χ2n) is 4.65. The Morgan fingerprint density at radius 3 is 2.94 bits per heavy atom. The smallest absolute Gasteiger partial charge is 0.319 e. The first-order valence-electron chi connectivity index (χ1n) is 6.00. The molecule has 0 bridgehead atoms. The number of carbonyl (C=O) groups excluding carboxylic acids is 1. The van der Waals surface area contributed by atoms with Crippen molar-refractivity contribution in [1.82, 2.24) is 5.32 Å². The zero-order valence-electron chi connectivity index (χ0n) is 10.4. The van der Waals surface area contributed by atoms with Crippen molar-refractivity contribution in [2.75, 3.05) is 25.1 Å². The number of aliphatic hydroxyl groups is 1. The van der Waals surface area contributed by atoms with Crippen LogP contribution in [-0.4, -0.2) is 36.5 Å². The zero-order valence-corrected chi connectivity index (χ0v) is 10.4. The minimum Gasteiger partial charge on any atom is -0.386 e. The molecule has 5 nitrogen and oxygen atoms in total. The van der Waals surface area contributed by atoms with E-state index in [0.717, 1.165) is 11.3 Å². The lowest BCUT2D eigenvalue weighted by Crippen LogP contribution is -2.44. The molecule has 1 aromatic carbocycles. The van der Waals surface area contributed by atoms with Gasteiger partial charge in [0.05, 0.1) is 13.2 Å². The van der Waals surface area contributed by atoms with Crippen LogP contribution >= 0.6 is 0 Å². The van der Waals surface area contributed by atoms with Gasteiger partial charge in [-0.3, -0.25) is 0 Å². The summed E-state index contributed by atoms with van der Waals surface area (Å²) in [5.74, 6) is 0. The van der Waals surface area contributed by atoms with Crippen molar-refractivity contribution in [1.29, 1.82) is 0 Å². The van der Waals surface area contributed by atoms with Crippen LogP contribution in [0.1, 0.15) is 12.0 Å². The quantitative estimate of drug-likeness (QED) is 0.756. The van der Waals surface area contributed by atoms with Gasteiger partial charge in [0.1, 0.15) is 5.60 Å². The summed E-state index contributed by atoms with van der Waals surface area (Å²) in [7, 11) is 0. The number of urea groups is 1. The van der Waals surface area contributed by atoms with E-state index in [0.29, 0.717) is 13.0 Å². The molecule has 1 fully saturated rings. The van der Waals surface area contributed by atoms with Gasteiger partial charge in [0, 0.05) is 18.7 Å². The molecular weight excluding hydrogens is 232 g/mol. The molecule has 1 aliphatic heterocycles. The first-order valence-corrected chi connectivity index (χ1v) is 6.00. The van der Waals surface area contributed by atoms with Gasteiger partial charge in [-0.25, -0.2) is 4.79 Å². The van der Waals surface area contributed by atoms with Gasteiger partial charge in [-0.15, -0.1) is 0 Å². The molecule has 2 rings (SSSR count). The van der Waals surface area contributed by atoms with Crippen LogP contribution in [0.2, 0.25) is 0 Å². The van der Waals surface area contributed by atoms with E-state index in [-0.39, 0.29) is 19.2 Å². The average molecular weight is 250 g/mol. The summed E-state index contributed by atoms with van der Waals surface area (Å²) in [5, 5.41) is 15.4.